The van der Waals surface area contributed by atoms with Crippen molar-refractivity contribution in [3.05, 3.63) is 12.2 Å². The summed E-state index contributed by atoms with van der Waals surface area (Å²) in [5.74, 6) is 1.81. The standard InChI is InChI=1S/C10H18/c1-8(2)10-6-4-9(3)5-7-10/h9-10H,1,4-7H2,2-3H3/t9-,10+. The van der Waals surface area contributed by atoms with Gasteiger partial charge in [-0.05, 0) is 31.6 Å². The van der Waals surface area contributed by atoms with Gasteiger partial charge in [0.2, 0.25) is 0 Å². The van der Waals surface area contributed by atoms with Crippen molar-refractivity contribution < 1.29 is 0 Å². The third-order valence-corrected chi connectivity index (χ3v) is 2.71. The SMILES string of the molecule is C=C(C)[C@H]1CC[C@@H](C)CC1. The van der Waals surface area contributed by atoms with Gasteiger partial charge >= 0.3 is 0 Å². The minimum absolute atomic E-state index is 0.844. The highest BCUT2D eigenvalue weighted by molar-refractivity contribution is 4.97. The maximum atomic E-state index is 4.00. The average molecular weight is 138 g/mol. The van der Waals surface area contributed by atoms with Gasteiger partial charge in [0.1, 0.15) is 0 Å². The van der Waals surface area contributed by atoms with Crippen LogP contribution in [0.2, 0.25) is 0 Å². The molecule has 0 N–H and O–H groups in total. The highest BCUT2D eigenvalue weighted by atomic mass is 14.2. The van der Waals surface area contributed by atoms with Crippen LogP contribution >= 0.6 is 0 Å². The molecule has 0 amide bonds. The summed E-state index contributed by atoms with van der Waals surface area (Å²) in [6.07, 6.45) is 5.60. The van der Waals surface area contributed by atoms with Crippen LogP contribution in [0.4, 0.5) is 0 Å². The van der Waals surface area contributed by atoms with E-state index in [1.807, 2.05) is 0 Å². The van der Waals surface area contributed by atoms with Crippen LogP contribution in [-0.4, -0.2) is 0 Å². The van der Waals surface area contributed by atoms with Crippen LogP contribution in [0.3, 0.4) is 0 Å². The van der Waals surface area contributed by atoms with Gasteiger partial charge in [-0.2, -0.15) is 0 Å². The van der Waals surface area contributed by atoms with E-state index in [-0.39, 0.29) is 0 Å². The van der Waals surface area contributed by atoms with Gasteiger partial charge in [-0.15, -0.1) is 0 Å². The van der Waals surface area contributed by atoms with Gasteiger partial charge in [0.25, 0.3) is 0 Å². The quantitative estimate of drug-likeness (QED) is 0.487. The lowest BCUT2D eigenvalue weighted by Crippen LogP contribution is -2.12. The zero-order chi connectivity index (χ0) is 7.56. The molecule has 0 heterocycles. The van der Waals surface area contributed by atoms with Crippen LogP contribution in [0.25, 0.3) is 0 Å². The Balaban J connectivity index is 2.33. The van der Waals surface area contributed by atoms with Crippen LogP contribution < -0.4 is 0 Å². The topological polar surface area (TPSA) is 0 Å². The molecular weight excluding hydrogens is 120 g/mol. The van der Waals surface area contributed by atoms with Gasteiger partial charge in [-0.1, -0.05) is 31.9 Å². The molecule has 0 bridgehead atoms. The van der Waals surface area contributed by atoms with Crippen molar-refractivity contribution in [1.29, 1.82) is 0 Å². The molecule has 0 aromatic rings. The molecule has 0 heteroatoms. The van der Waals surface area contributed by atoms with Crippen molar-refractivity contribution in [1.82, 2.24) is 0 Å². The molecule has 0 spiro atoms. The minimum Gasteiger partial charge on any atom is -0.0999 e. The molecule has 58 valence electrons. The van der Waals surface area contributed by atoms with Gasteiger partial charge in [0, 0.05) is 0 Å². The van der Waals surface area contributed by atoms with E-state index in [1.54, 1.807) is 0 Å². The maximum Gasteiger partial charge on any atom is -0.0208 e. The van der Waals surface area contributed by atoms with Crippen molar-refractivity contribution in [2.45, 2.75) is 39.5 Å². The lowest BCUT2D eigenvalue weighted by Gasteiger charge is -2.26. The number of allylic oxidation sites excluding steroid dienone is 1. The van der Waals surface area contributed by atoms with E-state index >= 15 is 0 Å². The van der Waals surface area contributed by atoms with Crippen molar-refractivity contribution in [2.24, 2.45) is 11.8 Å². The highest BCUT2D eigenvalue weighted by Gasteiger charge is 2.17. The molecule has 0 aliphatic heterocycles. The molecule has 1 aliphatic carbocycles. The fourth-order valence-electron chi connectivity index (χ4n) is 1.75. The molecule has 0 saturated heterocycles. The Hall–Kier alpha value is -0.260. The van der Waals surface area contributed by atoms with E-state index in [9.17, 15) is 0 Å². The lowest BCUT2D eigenvalue weighted by atomic mass is 9.80. The van der Waals surface area contributed by atoms with Crippen LogP contribution in [0, 0.1) is 11.8 Å². The van der Waals surface area contributed by atoms with Crippen LogP contribution in [-0.2, 0) is 0 Å². The fraction of sp³-hybridized carbons (Fsp3) is 0.800. The summed E-state index contributed by atoms with van der Waals surface area (Å²) in [4.78, 5) is 0. The van der Waals surface area contributed by atoms with Crippen molar-refractivity contribution in [3.8, 4) is 0 Å². The van der Waals surface area contributed by atoms with Crippen molar-refractivity contribution in [2.75, 3.05) is 0 Å². The lowest BCUT2D eigenvalue weighted by molar-refractivity contribution is 0.321. The van der Waals surface area contributed by atoms with Gasteiger partial charge < -0.3 is 0 Å². The van der Waals surface area contributed by atoms with Crippen molar-refractivity contribution in [3.63, 3.8) is 0 Å². The predicted octanol–water partition coefficient (Wildman–Crippen LogP) is 3.39. The zero-order valence-electron chi connectivity index (χ0n) is 7.19. The summed E-state index contributed by atoms with van der Waals surface area (Å²) in [5.41, 5.74) is 1.40. The molecular formula is C10H18. The van der Waals surface area contributed by atoms with Gasteiger partial charge in [0.15, 0.2) is 0 Å². The monoisotopic (exact) mass is 138 g/mol. The molecule has 1 saturated carbocycles. The second-order valence-corrected chi connectivity index (χ2v) is 3.80. The third-order valence-electron chi connectivity index (χ3n) is 2.71. The molecule has 0 radical (unpaired) electrons. The van der Waals surface area contributed by atoms with Crippen LogP contribution in [0.1, 0.15) is 39.5 Å². The zero-order valence-corrected chi connectivity index (χ0v) is 7.19. The molecule has 0 unspecified atom stereocenters. The number of hydrogen-bond acceptors (Lipinski definition) is 0. The molecule has 1 rings (SSSR count). The molecule has 1 fully saturated rings. The summed E-state index contributed by atoms with van der Waals surface area (Å²) < 4.78 is 0. The first-order valence-electron chi connectivity index (χ1n) is 4.35. The van der Waals surface area contributed by atoms with E-state index in [4.69, 9.17) is 0 Å². The minimum atomic E-state index is 0.844. The van der Waals surface area contributed by atoms with Crippen LogP contribution in [0.5, 0.6) is 0 Å². The summed E-state index contributed by atoms with van der Waals surface area (Å²) >= 11 is 0. The normalized spacial score (nSPS) is 33.8. The molecule has 0 aromatic heterocycles. The predicted molar refractivity (Wildman–Crippen MR) is 45.9 cm³/mol. The number of hydrogen-bond donors (Lipinski definition) is 0. The Bertz CT molecular complexity index is 116. The highest BCUT2D eigenvalue weighted by Crippen LogP contribution is 2.31. The van der Waals surface area contributed by atoms with E-state index in [2.05, 4.69) is 20.4 Å². The van der Waals surface area contributed by atoms with Crippen LogP contribution in [0.15, 0.2) is 12.2 Å². The Morgan fingerprint density at radius 2 is 1.70 bits per heavy atom. The molecule has 0 atom stereocenters. The van der Waals surface area contributed by atoms with Gasteiger partial charge in [-0.25, -0.2) is 0 Å². The maximum absolute atomic E-state index is 4.00. The third kappa shape index (κ3) is 1.86. The smallest absolute Gasteiger partial charge is 0.0208 e. The molecule has 0 nitrogen and oxygen atoms in total. The second kappa shape index (κ2) is 3.23. The number of rotatable bonds is 1. The summed E-state index contributed by atoms with van der Waals surface area (Å²) in [6.45, 7) is 8.53. The first-order valence-corrected chi connectivity index (χ1v) is 4.35. The second-order valence-electron chi connectivity index (χ2n) is 3.80. The van der Waals surface area contributed by atoms with Crippen molar-refractivity contribution >= 4 is 0 Å². The van der Waals surface area contributed by atoms with Gasteiger partial charge in [-0.3, -0.25) is 0 Å². The van der Waals surface area contributed by atoms with E-state index in [1.165, 1.54) is 31.3 Å². The Morgan fingerprint density at radius 3 is 2.10 bits per heavy atom. The van der Waals surface area contributed by atoms with E-state index in [0.717, 1.165) is 11.8 Å². The molecule has 1 aliphatic rings. The summed E-state index contributed by atoms with van der Waals surface area (Å²) in [6, 6.07) is 0. The Kier molecular flexibility index (Phi) is 2.53. The molecule has 10 heavy (non-hydrogen) atoms. The van der Waals surface area contributed by atoms with Gasteiger partial charge in [0.05, 0.1) is 0 Å². The summed E-state index contributed by atoms with van der Waals surface area (Å²) in [5, 5.41) is 0. The van der Waals surface area contributed by atoms with E-state index < -0.39 is 0 Å². The largest absolute Gasteiger partial charge is 0.0999 e. The first kappa shape index (κ1) is 7.84. The first-order chi connectivity index (χ1) is 4.70. The van der Waals surface area contributed by atoms with E-state index in [0.29, 0.717) is 0 Å². The average Bonchev–Trinajstić information content (AvgIpc) is 1.88. The Morgan fingerprint density at radius 1 is 1.20 bits per heavy atom. The summed E-state index contributed by atoms with van der Waals surface area (Å²) in [7, 11) is 0. The molecule has 0 aromatic carbocycles. The Labute approximate surface area is 64.3 Å². The fourth-order valence-corrected chi connectivity index (χ4v) is 1.75.